The van der Waals surface area contributed by atoms with Crippen LogP contribution < -0.4 is 15.4 Å². The maximum Gasteiger partial charge on any atom is 0.328 e. The Kier molecular flexibility index (Phi) is 12.2. The summed E-state index contributed by atoms with van der Waals surface area (Å²) in [6.07, 6.45) is 3.81. The quantitative estimate of drug-likeness (QED) is 0.0853. The molecule has 5 aromatic rings. The second kappa shape index (κ2) is 16.5. The molecule has 3 aromatic carbocycles. The number of carboxylic acids is 2. The van der Waals surface area contributed by atoms with E-state index in [0.29, 0.717) is 64.6 Å². The van der Waals surface area contributed by atoms with Crippen molar-refractivity contribution in [3.63, 3.8) is 0 Å². The lowest BCUT2D eigenvalue weighted by Crippen LogP contribution is -2.21. The van der Waals surface area contributed by atoms with Gasteiger partial charge in [0.25, 0.3) is 0 Å². The van der Waals surface area contributed by atoms with E-state index in [0.717, 1.165) is 16.5 Å². The van der Waals surface area contributed by atoms with E-state index in [4.69, 9.17) is 31.0 Å². The Hall–Kier alpha value is -5.31. The summed E-state index contributed by atoms with van der Waals surface area (Å²) in [6, 6.07) is 21.0. The number of hydrogen-bond donors (Lipinski definition) is 4. The van der Waals surface area contributed by atoms with Crippen molar-refractivity contribution in [1.82, 2.24) is 15.3 Å². The van der Waals surface area contributed by atoms with Gasteiger partial charge in [0.05, 0.1) is 22.8 Å². The molecule has 0 saturated carbocycles. The van der Waals surface area contributed by atoms with Crippen LogP contribution in [0.4, 0.5) is 15.9 Å². The number of nitrogens with zero attached hydrogens (tertiary/aromatic N) is 2. The standard InChI is InChI=1S/C29H26ClFN4O4S.C4H4O4/c1-40(36,37)12-11-32-16-23-7-10-27(39-23)20-5-8-26-24(14-20)29(34-18-33-26)35-22-6-9-28(25(30)15-22)38-17-19-3-2-4-21(31)13-19;5-3(6)1-2-4(7)8/h2-10,13-15,18,32H,11-12,16-17H2,1H3,(H,33,34,35);1-2H,(H,5,6)(H,7,8). The number of aliphatic carboxylic acids is 2. The summed E-state index contributed by atoms with van der Waals surface area (Å²) in [5.41, 5.74) is 2.99. The first-order valence-electron chi connectivity index (χ1n) is 14.2. The summed E-state index contributed by atoms with van der Waals surface area (Å²) in [6.45, 7) is 0.956. The van der Waals surface area contributed by atoms with Crippen LogP contribution in [-0.4, -0.2) is 59.1 Å². The zero-order valence-corrected chi connectivity index (χ0v) is 27.0. The lowest BCUT2D eigenvalue weighted by molar-refractivity contribution is -0.134. The van der Waals surface area contributed by atoms with Gasteiger partial charge in [0.15, 0.2) is 0 Å². The molecule has 0 aliphatic heterocycles. The first kappa shape index (κ1) is 35.5. The normalized spacial score (nSPS) is 11.2. The molecule has 2 aromatic heterocycles. The van der Waals surface area contributed by atoms with E-state index < -0.39 is 21.8 Å². The number of fused-ring (bicyclic) bond motifs is 1. The minimum atomic E-state index is -3.02. The number of benzene rings is 3. The number of anilines is 2. The molecular formula is C33H30ClFN4O8S. The maximum atomic E-state index is 13.4. The molecule has 250 valence electrons. The van der Waals surface area contributed by atoms with Gasteiger partial charge in [-0.15, -0.1) is 0 Å². The molecule has 0 unspecified atom stereocenters. The molecule has 0 aliphatic rings. The summed E-state index contributed by atoms with van der Waals surface area (Å²) in [7, 11) is -3.02. The van der Waals surface area contributed by atoms with Crippen LogP contribution in [0.3, 0.4) is 0 Å². The van der Waals surface area contributed by atoms with Gasteiger partial charge in [-0.05, 0) is 66.2 Å². The Morgan fingerprint density at radius 3 is 2.46 bits per heavy atom. The minimum absolute atomic E-state index is 0.0664. The van der Waals surface area contributed by atoms with Gasteiger partial charge in [0.1, 0.15) is 51.7 Å². The third kappa shape index (κ3) is 11.2. The van der Waals surface area contributed by atoms with Crippen molar-refractivity contribution >= 4 is 55.8 Å². The SMILES string of the molecule is CS(=O)(=O)CCNCc1ccc(-c2ccc3ncnc(Nc4ccc(OCc5cccc(F)c5)c(Cl)c4)c3c2)o1.O=C(O)C=CC(=O)O. The molecule has 48 heavy (non-hydrogen) atoms. The number of halogens is 2. The first-order chi connectivity index (χ1) is 22.9. The molecule has 5 rings (SSSR count). The Labute approximate surface area is 279 Å². The second-order valence-corrected chi connectivity index (χ2v) is 12.9. The van der Waals surface area contributed by atoms with Gasteiger partial charge in [-0.1, -0.05) is 23.7 Å². The lowest BCUT2D eigenvalue weighted by atomic mass is 10.1. The van der Waals surface area contributed by atoms with Crippen LogP contribution >= 0.6 is 11.6 Å². The molecule has 0 fully saturated rings. The van der Waals surface area contributed by atoms with Crippen molar-refractivity contribution in [1.29, 1.82) is 0 Å². The van der Waals surface area contributed by atoms with Gasteiger partial charge in [0, 0.05) is 41.6 Å². The molecule has 2 heterocycles. The van der Waals surface area contributed by atoms with Crippen molar-refractivity contribution in [3.05, 3.63) is 113 Å². The average Bonchev–Trinajstić information content (AvgIpc) is 3.51. The lowest BCUT2D eigenvalue weighted by Gasteiger charge is -2.12. The highest BCUT2D eigenvalue weighted by Gasteiger charge is 2.12. The van der Waals surface area contributed by atoms with E-state index in [1.165, 1.54) is 24.7 Å². The monoisotopic (exact) mass is 696 g/mol. The third-order valence-corrected chi connectivity index (χ3v) is 7.62. The number of carbonyl (C=O) groups is 2. The smallest absolute Gasteiger partial charge is 0.328 e. The third-order valence-electron chi connectivity index (χ3n) is 6.38. The van der Waals surface area contributed by atoms with Crippen LogP contribution in [-0.2, 0) is 32.6 Å². The number of hydrogen-bond acceptors (Lipinski definition) is 10. The van der Waals surface area contributed by atoms with Gasteiger partial charge < -0.3 is 30.0 Å². The Morgan fingerprint density at radius 2 is 1.77 bits per heavy atom. The number of sulfone groups is 1. The van der Waals surface area contributed by atoms with Crippen molar-refractivity contribution in [2.45, 2.75) is 13.2 Å². The largest absolute Gasteiger partial charge is 0.487 e. The van der Waals surface area contributed by atoms with Crippen molar-refractivity contribution < 1.29 is 41.8 Å². The van der Waals surface area contributed by atoms with E-state index in [2.05, 4.69) is 20.6 Å². The van der Waals surface area contributed by atoms with Crippen molar-refractivity contribution in [2.24, 2.45) is 0 Å². The zero-order chi connectivity index (χ0) is 34.7. The van der Waals surface area contributed by atoms with Crippen LogP contribution in [0.25, 0.3) is 22.2 Å². The number of carboxylic acid groups (broad SMARTS) is 2. The van der Waals surface area contributed by atoms with Crippen LogP contribution in [0, 0.1) is 5.82 Å². The highest BCUT2D eigenvalue weighted by atomic mass is 35.5. The topological polar surface area (TPSA) is 181 Å². The second-order valence-electron chi connectivity index (χ2n) is 10.2. The van der Waals surface area contributed by atoms with Crippen LogP contribution in [0.2, 0.25) is 5.02 Å². The Morgan fingerprint density at radius 1 is 1.00 bits per heavy atom. The number of rotatable bonds is 13. The van der Waals surface area contributed by atoms with Gasteiger partial charge in [-0.2, -0.15) is 0 Å². The van der Waals surface area contributed by atoms with E-state index in [1.54, 1.807) is 24.3 Å². The fourth-order valence-electron chi connectivity index (χ4n) is 4.17. The van der Waals surface area contributed by atoms with Crippen LogP contribution in [0.5, 0.6) is 5.75 Å². The van der Waals surface area contributed by atoms with Crippen molar-refractivity contribution in [2.75, 3.05) is 23.9 Å². The number of nitrogens with one attached hydrogen (secondary N) is 2. The van der Waals surface area contributed by atoms with Gasteiger partial charge in [-0.3, -0.25) is 0 Å². The molecule has 4 N–H and O–H groups in total. The number of ether oxygens (including phenoxy) is 1. The molecule has 0 bridgehead atoms. The van der Waals surface area contributed by atoms with Crippen LogP contribution in [0.15, 0.2) is 95.7 Å². The molecule has 0 spiro atoms. The van der Waals surface area contributed by atoms with Gasteiger partial charge in [-0.25, -0.2) is 32.4 Å². The highest BCUT2D eigenvalue weighted by molar-refractivity contribution is 7.90. The van der Waals surface area contributed by atoms with E-state index in [-0.39, 0.29) is 18.2 Å². The predicted octanol–water partition coefficient (Wildman–Crippen LogP) is 5.85. The Bertz CT molecular complexity index is 2040. The highest BCUT2D eigenvalue weighted by Crippen LogP contribution is 2.33. The summed E-state index contributed by atoms with van der Waals surface area (Å²) >= 11 is 6.47. The Balaban J connectivity index is 0.000000579. The number of aromatic nitrogens is 2. The molecular weight excluding hydrogens is 667 g/mol. The zero-order valence-electron chi connectivity index (χ0n) is 25.4. The molecule has 0 amide bonds. The van der Waals surface area contributed by atoms with Crippen LogP contribution in [0.1, 0.15) is 11.3 Å². The molecule has 0 aliphatic carbocycles. The first-order valence-corrected chi connectivity index (χ1v) is 16.6. The molecule has 0 saturated heterocycles. The average molecular weight is 697 g/mol. The summed E-state index contributed by atoms with van der Waals surface area (Å²) in [4.78, 5) is 27.9. The maximum absolute atomic E-state index is 13.4. The number of furan rings is 1. The molecule has 15 heteroatoms. The molecule has 0 atom stereocenters. The van der Waals surface area contributed by atoms with E-state index in [1.807, 2.05) is 36.4 Å². The van der Waals surface area contributed by atoms with Crippen molar-refractivity contribution in [3.8, 4) is 17.1 Å². The molecule has 12 nitrogen and oxygen atoms in total. The molecule has 0 radical (unpaired) electrons. The van der Waals surface area contributed by atoms with Gasteiger partial charge >= 0.3 is 11.9 Å². The summed E-state index contributed by atoms with van der Waals surface area (Å²) < 4.78 is 47.8. The van der Waals surface area contributed by atoms with E-state index >= 15 is 0 Å². The summed E-state index contributed by atoms with van der Waals surface area (Å²) in [5.74, 6) is -0.341. The van der Waals surface area contributed by atoms with Gasteiger partial charge in [0.2, 0.25) is 0 Å². The van der Waals surface area contributed by atoms with E-state index in [9.17, 15) is 22.4 Å². The predicted molar refractivity (Wildman–Crippen MR) is 179 cm³/mol. The fourth-order valence-corrected chi connectivity index (χ4v) is 4.92. The minimum Gasteiger partial charge on any atom is -0.487 e. The fraction of sp³-hybridized carbons (Fsp3) is 0.152. The summed E-state index contributed by atoms with van der Waals surface area (Å²) in [5, 5.41) is 23.2.